The zero-order valence-corrected chi connectivity index (χ0v) is 22.0. The van der Waals surface area contributed by atoms with Gasteiger partial charge in [-0.25, -0.2) is 14.3 Å². The first-order chi connectivity index (χ1) is 14.6. The number of carbonyl (C=O) groups is 1. The molecule has 2 rings (SSSR count). The molecule has 0 fully saturated rings. The Balaban J connectivity index is 0.00000544. The number of aromatic nitrogens is 1. The second-order valence-electron chi connectivity index (χ2n) is 8.54. The fourth-order valence-corrected chi connectivity index (χ4v) is 5.29. The SMILES string of the molecule is CC(C)c1cc(OC(F)F)cc(C(C)C)c1CC(=O)N=S(N)(=O)c1cnc(C(C)(C)O)s1.S. The number of halogens is 2. The van der Waals surface area contributed by atoms with Crippen molar-refractivity contribution in [2.24, 2.45) is 9.50 Å². The minimum absolute atomic E-state index is 0. The van der Waals surface area contributed by atoms with Crippen LogP contribution in [0.2, 0.25) is 0 Å². The lowest BCUT2D eigenvalue weighted by Gasteiger charge is -2.21. The van der Waals surface area contributed by atoms with Crippen molar-refractivity contribution >= 4 is 40.7 Å². The quantitative estimate of drug-likeness (QED) is 0.516. The third-order valence-electron chi connectivity index (χ3n) is 4.62. The molecule has 0 aliphatic carbocycles. The van der Waals surface area contributed by atoms with Gasteiger partial charge in [-0.1, -0.05) is 27.7 Å². The van der Waals surface area contributed by atoms with E-state index in [1.807, 2.05) is 27.7 Å². The fourth-order valence-electron chi connectivity index (χ4n) is 3.15. The van der Waals surface area contributed by atoms with Crippen molar-refractivity contribution in [2.45, 2.75) is 76.2 Å². The van der Waals surface area contributed by atoms with Crippen LogP contribution >= 0.6 is 24.8 Å². The average Bonchev–Trinajstić information content (AvgIpc) is 3.12. The molecule has 1 heterocycles. The van der Waals surface area contributed by atoms with E-state index in [4.69, 9.17) is 5.14 Å². The van der Waals surface area contributed by atoms with Crippen molar-refractivity contribution in [2.75, 3.05) is 0 Å². The summed E-state index contributed by atoms with van der Waals surface area (Å²) in [6.07, 6.45) is 1.05. The van der Waals surface area contributed by atoms with Crippen LogP contribution in [0.3, 0.4) is 0 Å². The maximum Gasteiger partial charge on any atom is 0.387 e. The molecule has 0 aliphatic heterocycles. The molecule has 12 heteroatoms. The molecule has 1 aromatic carbocycles. The van der Waals surface area contributed by atoms with Gasteiger partial charge in [0.05, 0.1) is 12.6 Å². The van der Waals surface area contributed by atoms with Crippen molar-refractivity contribution in [1.82, 2.24) is 4.98 Å². The Bertz CT molecular complexity index is 1070. The zero-order chi connectivity index (χ0) is 24.4. The van der Waals surface area contributed by atoms with Gasteiger partial charge < -0.3 is 9.84 Å². The van der Waals surface area contributed by atoms with Crippen LogP contribution in [0.25, 0.3) is 0 Å². The molecule has 3 N–H and O–H groups in total. The largest absolute Gasteiger partial charge is 0.435 e. The Morgan fingerprint density at radius 2 is 1.76 bits per heavy atom. The highest BCUT2D eigenvalue weighted by Crippen LogP contribution is 2.34. The minimum atomic E-state index is -3.56. The number of amides is 1. The molecule has 0 aliphatic rings. The Hall–Kier alpha value is -1.60. The third-order valence-corrected chi connectivity index (χ3v) is 7.85. The molecule has 0 saturated carbocycles. The number of aliphatic hydroxyl groups is 1. The monoisotopic (exact) mass is 523 g/mol. The van der Waals surface area contributed by atoms with E-state index in [9.17, 15) is 22.9 Å². The molecule has 0 radical (unpaired) electrons. The summed E-state index contributed by atoms with van der Waals surface area (Å²) in [4.78, 5) is 16.8. The number of hydrogen-bond donors (Lipinski definition) is 2. The predicted molar refractivity (Wildman–Crippen MR) is 131 cm³/mol. The molecule has 1 aromatic heterocycles. The maximum absolute atomic E-state index is 12.9. The Kier molecular flexibility index (Phi) is 10.0. The van der Waals surface area contributed by atoms with Crippen LogP contribution in [-0.2, 0) is 26.7 Å². The Labute approximate surface area is 204 Å². The molecule has 1 amide bonds. The van der Waals surface area contributed by atoms with Crippen molar-refractivity contribution in [3.63, 3.8) is 0 Å². The van der Waals surface area contributed by atoms with E-state index in [1.54, 1.807) is 0 Å². The van der Waals surface area contributed by atoms with E-state index < -0.39 is 28.0 Å². The number of thiazole rings is 1. The van der Waals surface area contributed by atoms with Crippen LogP contribution in [0.4, 0.5) is 8.78 Å². The first-order valence-corrected chi connectivity index (χ1v) is 12.4. The molecule has 33 heavy (non-hydrogen) atoms. The summed E-state index contributed by atoms with van der Waals surface area (Å²) in [7, 11) is -3.56. The van der Waals surface area contributed by atoms with Gasteiger partial charge in [0, 0.05) is 0 Å². The Morgan fingerprint density at radius 1 is 1.24 bits per heavy atom. The van der Waals surface area contributed by atoms with Gasteiger partial charge >= 0.3 is 6.61 Å². The summed E-state index contributed by atoms with van der Waals surface area (Å²) in [5.41, 5.74) is 0.715. The van der Waals surface area contributed by atoms with E-state index in [0.29, 0.717) is 21.7 Å². The standard InChI is InChI=1S/C21H29F2N3O4S2.H2S/c1-11(2)14-7-13(30-20(22)23)8-15(12(3)4)16(14)9-17(27)26-32(24,29)18-10-25-19(31-18)21(5,6)28;/h7-8,10-12,20,28H,9H2,1-6H3,(H2,24,26,27,29);1H2. The molecule has 186 valence electrons. The molecule has 0 spiro atoms. The Morgan fingerprint density at radius 3 is 2.15 bits per heavy atom. The van der Waals surface area contributed by atoms with Crippen LogP contribution in [0, 0.1) is 0 Å². The molecule has 7 nitrogen and oxygen atoms in total. The van der Waals surface area contributed by atoms with Gasteiger partial charge in [-0.05, 0) is 54.5 Å². The molecule has 1 unspecified atom stereocenters. The maximum atomic E-state index is 12.9. The van der Waals surface area contributed by atoms with E-state index in [0.717, 1.165) is 11.3 Å². The number of nitrogens with two attached hydrogens (primary N) is 1. The molecule has 1 atom stereocenters. The molecule has 0 saturated heterocycles. The topological polar surface area (TPSA) is 115 Å². The van der Waals surface area contributed by atoms with Crippen LogP contribution < -0.4 is 9.88 Å². The summed E-state index contributed by atoms with van der Waals surface area (Å²) >= 11 is 0.924. The van der Waals surface area contributed by atoms with Crippen molar-refractivity contribution in [3.05, 3.63) is 40.0 Å². The van der Waals surface area contributed by atoms with E-state index in [1.165, 1.54) is 32.2 Å². The second-order valence-corrected chi connectivity index (χ2v) is 11.6. The number of alkyl halides is 2. The van der Waals surface area contributed by atoms with E-state index >= 15 is 0 Å². The molecular weight excluding hydrogens is 492 g/mol. The third kappa shape index (κ3) is 7.71. The van der Waals surface area contributed by atoms with Gasteiger partial charge in [-0.15, -0.1) is 15.7 Å². The first-order valence-electron chi connectivity index (χ1n) is 9.99. The van der Waals surface area contributed by atoms with Crippen molar-refractivity contribution < 1.29 is 27.6 Å². The summed E-state index contributed by atoms with van der Waals surface area (Å²) in [5.74, 6) is -0.863. The summed E-state index contributed by atoms with van der Waals surface area (Å²) in [5, 5.41) is 16.2. The molecule has 0 bridgehead atoms. The van der Waals surface area contributed by atoms with E-state index in [-0.39, 0.29) is 41.7 Å². The van der Waals surface area contributed by atoms with Crippen LogP contribution in [0.1, 0.15) is 75.1 Å². The lowest BCUT2D eigenvalue weighted by molar-refractivity contribution is -0.117. The second kappa shape index (κ2) is 11.2. The number of hydrogen-bond acceptors (Lipinski definition) is 6. The summed E-state index contributed by atoms with van der Waals surface area (Å²) < 4.78 is 46.9. The predicted octanol–water partition coefficient (Wildman–Crippen LogP) is 4.80. The minimum Gasteiger partial charge on any atom is -0.435 e. The number of benzene rings is 1. The highest BCUT2D eigenvalue weighted by atomic mass is 32.2. The van der Waals surface area contributed by atoms with Crippen molar-refractivity contribution in [3.8, 4) is 5.75 Å². The van der Waals surface area contributed by atoms with E-state index in [2.05, 4.69) is 14.1 Å². The number of ether oxygens (including phenoxy) is 1. The number of nitrogens with zero attached hydrogens (tertiary/aromatic N) is 2. The summed E-state index contributed by atoms with van der Waals surface area (Å²) in [6, 6.07) is 2.98. The van der Waals surface area contributed by atoms with Gasteiger partial charge in [0.1, 0.15) is 20.6 Å². The van der Waals surface area contributed by atoms with Gasteiger partial charge in [0.15, 0.2) is 9.92 Å². The zero-order valence-electron chi connectivity index (χ0n) is 19.4. The number of rotatable bonds is 8. The average molecular weight is 524 g/mol. The van der Waals surface area contributed by atoms with Gasteiger partial charge in [-0.2, -0.15) is 22.3 Å². The van der Waals surface area contributed by atoms with Gasteiger partial charge in [-0.3, -0.25) is 4.79 Å². The summed E-state index contributed by atoms with van der Waals surface area (Å²) in [6.45, 7) is 7.58. The van der Waals surface area contributed by atoms with Crippen molar-refractivity contribution in [1.29, 1.82) is 0 Å². The first kappa shape index (κ1) is 29.4. The highest BCUT2D eigenvalue weighted by molar-refractivity contribution is 7.93. The molecular formula is C21H31F2N3O4S3. The van der Waals surface area contributed by atoms with Gasteiger partial charge in [0.2, 0.25) is 0 Å². The number of carbonyl (C=O) groups excluding carboxylic acids is 1. The van der Waals surface area contributed by atoms with Crippen LogP contribution in [-0.4, -0.2) is 26.8 Å². The van der Waals surface area contributed by atoms with Crippen LogP contribution in [0.5, 0.6) is 5.75 Å². The molecule has 2 aromatic rings. The lowest BCUT2D eigenvalue weighted by atomic mass is 9.86. The smallest absolute Gasteiger partial charge is 0.387 e. The lowest BCUT2D eigenvalue weighted by Crippen LogP contribution is -2.16. The highest BCUT2D eigenvalue weighted by Gasteiger charge is 2.24. The van der Waals surface area contributed by atoms with Gasteiger partial charge in [0.25, 0.3) is 5.91 Å². The fraction of sp³-hybridized carbons (Fsp3) is 0.524. The van der Waals surface area contributed by atoms with Crippen LogP contribution in [0.15, 0.2) is 26.9 Å². The normalized spacial score (nSPS) is 13.7.